The Kier molecular flexibility index (Phi) is 5.68. The molecular weight excluding hydrogens is 194 g/mol. The summed E-state index contributed by atoms with van der Waals surface area (Å²) in [7, 11) is 0. The van der Waals surface area contributed by atoms with Crippen LogP contribution in [0.15, 0.2) is 35.2 Å². The molecule has 0 fully saturated rings. The predicted octanol–water partition coefficient (Wildman–Crippen LogP) is 1.75. The van der Waals surface area contributed by atoms with E-state index in [1.165, 1.54) is 4.90 Å². The summed E-state index contributed by atoms with van der Waals surface area (Å²) in [5, 5.41) is 12.7. The van der Waals surface area contributed by atoms with Crippen molar-refractivity contribution in [3.63, 3.8) is 0 Å². The molecule has 0 aliphatic heterocycles. The molecule has 1 unspecified atom stereocenters. The van der Waals surface area contributed by atoms with Crippen molar-refractivity contribution in [1.82, 2.24) is 5.32 Å². The Morgan fingerprint density at radius 2 is 2.07 bits per heavy atom. The largest absolute Gasteiger partial charge is 0.391 e. The molecule has 0 aromatic heterocycles. The van der Waals surface area contributed by atoms with Crippen LogP contribution in [0.5, 0.6) is 0 Å². The lowest BCUT2D eigenvalue weighted by Gasteiger charge is -2.10. The Bertz CT molecular complexity index is 240. The van der Waals surface area contributed by atoms with Gasteiger partial charge in [-0.15, -0.1) is 11.8 Å². The summed E-state index contributed by atoms with van der Waals surface area (Å²) in [4.78, 5) is 1.21. The van der Waals surface area contributed by atoms with Crippen LogP contribution in [0.1, 0.15) is 6.92 Å². The van der Waals surface area contributed by atoms with Gasteiger partial charge >= 0.3 is 0 Å². The molecule has 1 atom stereocenters. The van der Waals surface area contributed by atoms with Crippen molar-refractivity contribution in [2.75, 3.05) is 18.8 Å². The van der Waals surface area contributed by atoms with Crippen LogP contribution in [0.3, 0.4) is 0 Å². The first-order valence-corrected chi connectivity index (χ1v) is 5.88. The third kappa shape index (κ3) is 4.65. The molecule has 0 bridgehead atoms. The van der Waals surface area contributed by atoms with Gasteiger partial charge in [0.05, 0.1) is 6.10 Å². The van der Waals surface area contributed by atoms with E-state index in [0.717, 1.165) is 12.3 Å². The molecule has 0 heterocycles. The van der Waals surface area contributed by atoms with Crippen LogP contribution in [-0.4, -0.2) is 30.1 Å². The fraction of sp³-hybridized carbons (Fsp3) is 0.455. The summed E-state index contributed by atoms with van der Waals surface area (Å²) < 4.78 is 0. The zero-order valence-corrected chi connectivity index (χ0v) is 9.26. The molecule has 0 spiro atoms. The summed E-state index contributed by atoms with van der Waals surface area (Å²) in [5.74, 6) is 0.747. The molecule has 0 radical (unpaired) electrons. The monoisotopic (exact) mass is 211 g/mol. The van der Waals surface area contributed by atoms with Gasteiger partial charge in [-0.2, -0.15) is 0 Å². The minimum Gasteiger partial charge on any atom is -0.391 e. The zero-order valence-electron chi connectivity index (χ0n) is 8.44. The number of hydrogen-bond acceptors (Lipinski definition) is 3. The number of benzene rings is 1. The van der Waals surface area contributed by atoms with E-state index >= 15 is 0 Å². The van der Waals surface area contributed by atoms with Crippen molar-refractivity contribution in [2.45, 2.75) is 17.9 Å². The van der Waals surface area contributed by atoms with Gasteiger partial charge in [0, 0.05) is 17.2 Å². The lowest BCUT2D eigenvalue weighted by molar-refractivity contribution is 0.197. The summed E-state index contributed by atoms with van der Waals surface area (Å²) >= 11 is 1.69. The Labute approximate surface area is 89.7 Å². The van der Waals surface area contributed by atoms with Gasteiger partial charge in [-0.25, -0.2) is 0 Å². The first-order chi connectivity index (χ1) is 6.83. The fourth-order valence-corrected chi connectivity index (χ4v) is 1.93. The van der Waals surface area contributed by atoms with E-state index in [1.807, 2.05) is 25.1 Å². The zero-order chi connectivity index (χ0) is 10.2. The highest BCUT2D eigenvalue weighted by atomic mass is 32.2. The van der Waals surface area contributed by atoms with Crippen LogP contribution in [0.4, 0.5) is 0 Å². The van der Waals surface area contributed by atoms with Crippen molar-refractivity contribution in [2.24, 2.45) is 0 Å². The van der Waals surface area contributed by atoms with Crippen molar-refractivity contribution in [3.8, 4) is 0 Å². The number of thioether (sulfide) groups is 1. The number of rotatable bonds is 6. The minimum atomic E-state index is -0.264. The van der Waals surface area contributed by atoms with Crippen LogP contribution < -0.4 is 5.32 Å². The van der Waals surface area contributed by atoms with Gasteiger partial charge in [0.15, 0.2) is 0 Å². The topological polar surface area (TPSA) is 32.3 Å². The summed E-state index contributed by atoms with van der Waals surface area (Å²) in [6.07, 6.45) is -0.264. The normalized spacial score (nSPS) is 12.7. The molecule has 0 aliphatic rings. The van der Waals surface area contributed by atoms with E-state index in [9.17, 15) is 5.11 Å². The Morgan fingerprint density at radius 3 is 2.71 bits per heavy atom. The molecule has 1 aromatic carbocycles. The number of hydrogen-bond donors (Lipinski definition) is 2. The Morgan fingerprint density at radius 1 is 1.36 bits per heavy atom. The molecule has 14 heavy (non-hydrogen) atoms. The van der Waals surface area contributed by atoms with Gasteiger partial charge in [0.2, 0.25) is 0 Å². The Hall–Kier alpha value is -0.510. The van der Waals surface area contributed by atoms with Gasteiger partial charge < -0.3 is 10.4 Å². The molecule has 2 N–H and O–H groups in total. The molecular formula is C11H17NOS. The second-order valence-electron chi connectivity index (χ2n) is 3.09. The molecule has 1 aromatic rings. The van der Waals surface area contributed by atoms with E-state index in [-0.39, 0.29) is 6.10 Å². The average Bonchev–Trinajstić information content (AvgIpc) is 2.25. The van der Waals surface area contributed by atoms with Gasteiger partial charge in [-0.05, 0) is 18.7 Å². The second kappa shape index (κ2) is 6.87. The first kappa shape index (κ1) is 11.6. The standard InChI is InChI=1S/C11H17NOS/c1-2-12-8-10(13)9-14-11-6-4-3-5-7-11/h3-7,10,12-13H,2,8-9H2,1H3. The summed E-state index contributed by atoms with van der Waals surface area (Å²) in [6, 6.07) is 10.1. The molecule has 0 aliphatic carbocycles. The number of aliphatic hydroxyl groups excluding tert-OH is 1. The number of nitrogens with one attached hydrogen (secondary N) is 1. The smallest absolute Gasteiger partial charge is 0.0758 e. The van der Waals surface area contributed by atoms with Gasteiger partial charge in [-0.1, -0.05) is 25.1 Å². The lowest BCUT2D eigenvalue weighted by atomic mass is 10.4. The molecule has 0 saturated heterocycles. The van der Waals surface area contributed by atoms with E-state index in [1.54, 1.807) is 11.8 Å². The van der Waals surface area contributed by atoms with Crippen LogP contribution in [-0.2, 0) is 0 Å². The quantitative estimate of drug-likeness (QED) is 0.703. The van der Waals surface area contributed by atoms with Crippen molar-refractivity contribution >= 4 is 11.8 Å². The Balaban J connectivity index is 2.20. The van der Waals surface area contributed by atoms with E-state index in [2.05, 4.69) is 17.4 Å². The number of likely N-dealkylation sites (N-methyl/N-ethyl adjacent to an activating group) is 1. The van der Waals surface area contributed by atoms with E-state index in [4.69, 9.17) is 0 Å². The van der Waals surface area contributed by atoms with Crippen LogP contribution in [0.25, 0.3) is 0 Å². The van der Waals surface area contributed by atoms with Crippen molar-refractivity contribution in [1.29, 1.82) is 0 Å². The maximum Gasteiger partial charge on any atom is 0.0758 e. The highest BCUT2D eigenvalue weighted by Gasteiger charge is 2.03. The van der Waals surface area contributed by atoms with E-state index in [0.29, 0.717) is 6.54 Å². The van der Waals surface area contributed by atoms with Crippen molar-refractivity contribution in [3.05, 3.63) is 30.3 Å². The van der Waals surface area contributed by atoms with Gasteiger partial charge in [0.25, 0.3) is 0 Å². The first-order valence-electron chi connectivity index (χ1n) is 4.89. The van der Waals surface area contributed by atoms with Gasteiger partial charge in [0.1, 0.15) is 0 Å². The average molecular weight is 211 g/mol. The van der Waals surface area contributed by atoms with Crippen molar-refractivity contribution < 1.29 is 5.11 Å². The molecule has 0 saturated carbocycles. The third-order valence-corrected chi connectivity index (χ3v) is 2.97. The molecule has 2 nitrogen and oxygen atoms in total. The highest BCUT2D eigenvalue weighted by Crippen LogP contribution is 2.17. The molecule has 78 valence electrons. The fourth-order valence-electron chi connectivity index (χ4n) is 1.08. The van der Waals surface area contributed by atoms with E-state index < -0.39 is 0 Å². The van der Waals surface area contributed by atoms with Crippen LogP contribution in [0, 0.1) is 0 Å². The molecule has 3 heteroatoms. The highest BCUT2D eigenvalue weighted by molar-refractivity contribution is 7.99. The summed E-state index contributed by atoms with van der Waals surface area (Å²) in [6.45, 7) is 3.63. The number of aliphatic hydroxyl groups is 1. The molecule has 0 amide bonds. The van der Waals surface area contributed by atoms with Crippen LogP contribution >= 0.6 is 11.8 Å². The lowest BCUT2D eigenvalue weighted by Crippen LogP contribution is -2.28. The molecule has 1 rings (SSSR count). The van der Waals surface area contributed by atoms with Gasteiger partial charge in [-0.3, -0.25) is 0 Å². The van der Waals surface area contributed by atoms with Crippen LogP contribution in [0.2, 0.25) is 0 Å². The second-order valence-corrected chi connectivity index (χ2v) is 4.18. The maximum absolute atomic E-state index is 9.56. The third-order valence-electron chi connectivity index (χ3n) is 1.82. The maximum atomic E-state index is 9.56. The summed E-state index contributed by atoms with van der Waals surface area (Å²) in [5.41, 5.74) is 0. The SMILES string of the molecule is CCNCC(O)CSc1ccccc1. The predicted molar refractivity (Wildman–Crippen MR) is 61.7 cm³/mol. The minimum absolute atomic E-state index is 0.264.